The Morgan fingerprint density at radius 1 is 1.70 bits per heavy atom. The van der Waals surface area contributed by atoms with Crippen molar-refractivity contribution in [2.45, 2.75) is 25.3 Å². The van der Waals surface area contributed by atoms with Crippen molar-refractivity contribution in [2.75, 3.05) is 13.2 Å². The molecule has 1 saturated heterocycles. The van der Waals surface area contributed by atoms with E-state index in [-0.39, 0.29) is 0 Å². The summed E-state index contributed by atoms with van der Waals surface area (Å²) in [4.78, 5) is 0. The topological polar surface area (TPSA) is 21.3 Å². The fraction of sp³-hybridized carbons (Fsp3) is 0.750. The van der Waals surface area contributed by atoms with E-state index >= 15 is 0 Å². The maximum atomic E-state index is 5.02. The van der Waals surface area contributed by atoms with Gasteiger partial charge in [-0.3, -0.25) is 0 Å². The number of rotatable bonds is 4. The Hall–Kier alpha value is -0.500. The molecule has 2 heteroatoms. The lowest BCUT2D eigenvalue weighted by atomic mass is 10.2. The van der Waals surface area contributed by atoms with Gasteiger partial charge in [-0.1, -0.05) is 6.58 Å². The van der Waals surface area contributed by atoms with Crippen LogP contribution >= 0.6 is 0 Å². The van der Waals surface area contributed by atoms with E-state index in [1.807, 2.05) is 0 Å². The van der Waals surface area contributed by atoms with Crippen molar-refractivity contribution in [1.82, 2.24) is 5.32 Å². The number of hydrogen-bond acceptors (Lipinski definition) is 2. The molecular formula is C8H15NO. The van der Waals surface area contributed by atoms with Gasteiger partial charge < -0.3 is 10.1 Å². The molecule has 1 aliphatic rings. The maximum Gasteiger partial charge on any atom is 0.0887 e. The van der Waals surface area contributed by atoms with Gasteiger partial charge in [0.2, 0.25) is 0 Å². The zero-order valence-electron chi connectivity index (χ0n) is 6.31. The Kier molecular flexibility index (Phi) is 3.30. The highest BCUT2D eigenvalue weighted by Crippen LogP contribution is 2.08. The molecule has 0 amide bonds. The molecule has 0 saturated carbocycles. The lowest BCUT2D eigenvalue weighted by molar-refractivity contribution is 0.233. The summed E-state index contributed by atoms with van der Waals surface area (Å²) in [5.74, 6) is 0. The van der Waals surface area contributed by atoms with Crippen LogP contribution in [0.15, 0.2) is 12.8 Å². The van der Waals surface area contributed by atoms with Gasteiger partial charge in [0, 0.05) is 6.04 Å². The highest BCUT2D eigenvalue weighted by atomic mass is 16.5. The van der Waals surface area contributed by atoms with E-state index in [0.717, 1.165) is 13.0 Å². The minimum Gasteiger partial charge on any atom is -0.502 e. The second-order valence-corrected chi connectivity index (χ2v) is 2.62. The smallest absolute Gasteiger partial charge is 0.0887 e. The molecule has 1 unspecified atom stereocenters. The molecule has 1 atom stereocenters. The lowest BCUT2D eigenvalue weighted by Crippen LogP contribution is -2.22. The summed E-state index contributed by atoms with van der Waals surface area (Å²) in [5.41, 5.74) is 0. The van der Waals surface area contributed by atoms with E-state index in [1.165, 1.54) is 25.6 Å². The van der Waals surface area contributed by atoms with Crippen LogP contribution in [0.3, 0.4) is 0 Å². The average molecular weight is 141 g/mol. The van der Waals surface area contributed by atoms with E-state index in [2.05, 4.69) is 11.9 Å². The second-order valence-electron chi connectivity index (χ2n) is 2.62. The molecule has 0 bridgehead atoms. The molecule has 1 fully saturated rings. The van der Waals surface area contributed by atoms with Gasteiger partial charge in [-0.25, -0.2) is 0 Å². The molecule has 1 rings (SSSR count). The van der Waals surface area contributed by atoms with E-state index in [4.69, 9.17) is 4.74 Å². The van der Waals surface area contributed by atoms with E-state index in [1.54, 1.807) is 0 Å². The quantitative estimate of drug-likeness (QED) is 0.470. The Labute approximate surface area is 62.3 Å². The van der Waals surface area contributed by atoms with Crippen LogP contribution in [0.25, 0.3) is 0 Å². The van der Waals surface area contributed by atoms with Gasteiger partial charge in [0.25, 0.3) is 0 Å². The molecule has 0 spiro atoms. The van der Waals surface area contributed by atoms with Crippen LogP contribution in [-0.2, 0) is 4.74 Å². The SMILES string of the molecule is C=COCCC1CCCN1. The number of nitrogens with one attached hydrogen (secondary N) is 1. The molecule has 1 heterocycles. The minimum absolute atomic E-state index is 0.694. The molecule has 1 aliphatic heterocycles. The largest absolute Gasteiger partial charge is 0.502 e. The van der Waals surface area contributed by atoms with Gasteiger partial charge in [0.05, 0.1) is 12.9 Å². The molecule has 2 nitrogen and oxygen atoms in total. The summed E-state index contributed by atoms with van der Waals surface area (Å²) in [5, 5.41) is 3.40. The van der Waals surface area contributed by atoms with Crippen LogP contribution in [0.5, 0.6) is 0 Å². The predicted molar refractivity (Wildman–Crippen MR) is 41.8 cm³/mol. The second kappa shape index (κ2) is 4.34. The molecule has 58 valence electrons. The highest BCUT2D eigenvalue weighted by molar-refractivity contribution is 4.73. The predicted octanol–water partition coefficient (Wildman–Crippen LogP) is 1.29. The molecular weight excluding hydrogens is 126 g/mol. The molecule has 1 N–H and O–H groups in total. The maximum absolute atomic E-state index is 5.02. The first-order valence-electron chi connectivity index (χ1n) is 3.89. The summed E-state index contributed by atoms with van der Waals surface area (Å²) < 4.78 is 5.02. The Morgan fingerprint density at radius 2 is 2.60 bits per heavy atom. The van der Waals surface area contributed by atoms with Crippen LogP contribution in [0.2, 0.25) is 0 Å². The number of hydrogen-bond donors (Lipinski definition) is 1. The van der Waals surface area contributed by atoms with Crippen molar-refractivity contribution in [3.8, 4) is 0 Å². The van der Waals surface area contributed by atoms with Crippen molar-refractivity contribution in [2.24, 2.45) is 0 Å². The third kappa shape index (κ3) is 2.40. The van der Waals surface area contributed by atoms with Gasteiger partial charge in [-0.2, -0.15) is 0 Å². The summed E-state index contributed by atoms with van der Waals surface area (Å²) in [6.07, 6.45) is 5.25. The van der Waals surface area contributed by atoms with E-state index < -0.39 is 0 Å². The van der Waals surface area contributed by atoms with Gasteiger partial charge >= 0.3 is 0 Å². The van der Waals surface area contributed by atoms with Crippen molar-refractivity contribution >= 4 is 0 Å². The average Bonchev–Trinajstić information content (AvgIpc) is 2.41. The van der Waals surface area contributed by atoms with Crippen LogP contribution < -0.4 is 5.32 Å². The summed E-state index contributed by atoms with van der Waals surface area (Å²) >= 11 is 0. The Balaban J connectivity index is 1.96. The molecule has 0 aliphatic carbocycles. The molecule has 0 aromatic rings. The third-order valence-electron chi connectivity index (χ3n) is 1.86. The van der Waals surface area contributed by atoms with Crippen molar-refractivity contribution in [3.05, 3.63) is 12.8 Å². The molecule has 0 aromatic carbocycles. The lowest BCUT2D eigenvalue weighted by Gasteiger charge is -2.08. The van der Waals surface area contributed by atoms with Crippen molar-refractivity contribution < 1.29 is 4.74 Å². The van der Waals surface area contributed by atoms with Crippen LogP contribution in [-0.4, -0.2) is 19.2 Å². The zero-order valence-corrected chi connectivity index (χ0v) is 6.31. The molecule has 10 heavy (non-hydrogen) atoms. The normalized spacial score (nSPS) is 24.6. The monoisotopic (exact) mass is 141 g/mol. The summed E-state index contributed by atoms with van der Waals surface area (Å²) in [6, 6.07) is 0.694. The van der Waals surface area contributed by atoms with Gasteiger partial charge in [-0.15, -0.1) is 0 Å². The first kappa shape index (κ1) is 7.61. The van der Waals surface area contributed by atoms with Crippen LogP contribution in [0.1, 0.15) is 19.3 Å². The molecule has 0 aromatic heterocycles. The standard InChI is InChI=1S/C8H15NO/c1-2-10-7-5-8-4-3-6-9-8/h2,8-9H,1,3-7H2. The fourth-order valence-electron chi connectivity index (χ4n) is 1.30. The Bertz CT molecular complexity index is 97.4. The van der Waals surface area contributed by atoms with Crippen LogP contribution in [0.4, 0.5) is 0 Å². The van der Waals surface area contributed by atoms with E-state index in [0.29, 0.717) is 6.04 Å². The summed E-state index contributed by atoms with van der Waals surface area (Å²) in [7, 11) is 0. The first-order valence-corrected chi connectivity index (χ1v) is 3.89. The fourth-order valence-corrected chi connectivity index (χ4v) is 1.30. The Morgan fingerprint density at radius 3 is 3.20 bits per heavy atom. The van der Waals surface area contributed by atoms with Gasteiger partial charge in [0.1, 0.15) is 0 Å². The molecule has 0 radical (unpaired) electrons. The highest BCUT2D eigenvalue weighted by Gasteiger charge is 2.12. The van der Waals surface area contributed by atoms with Crippen molar-refractivity contribution in [3.63, 3.8) is 0 Å². The minimum atomic E-state index is 0.694. The van der Waals surface area contributed by atoms with Crippen molar-refractivity contribution in [1.29, 1.82) is 0 Å². The zero-order chi connectivity index (χ0) is 7.23. The van der Waals surface area contributed by atoms with Gasteiger partial charge in [0.15, 0.2) is 0 Å². The number of ether oxygens (including phenoxy) is 1. The first-order chi connectivity index (χ1) is 4.93. The van der Waals surface area contributed by atoms with Gasteiger partial charge in [-0.05, 0) is 25.8 Å². The summed E-state index contributed by atoms with van der Waals surface area (Å²) in [6.45, 7) is 5.47. The van der Waals surface area contributed by atoms with E-state index in [9.17, 15) is 0 Å². The third-order valence-corrected chi connectivity index (χ3v) is 1.86. The van der Waals surface area contributed by atoms with Crippen LogP contribution in [0, 0.1) is 0 Å².